The molecule has 9 heteroatoms. The fourth-order valence-corrected chi connectivity index (χ4v) is 5.37. The van der Waals surface area contributed by atoms with Crippen molar-refractivity contribution >= 4 is 23.3 Å². The molecule has 1 saturated carbocycles. The fraction of sp³-hybridized carbons (Fsp3) is 0.524. The standard InChI is InChI=1S/C21H25ClFN5O2/c1-26-10-19-15-9-27(20(30)24-13-2-3-17(23)16(22)6-13)5-4-18(15)25-28(19)12-21(11-26)7-14(29)8-21/h2-3,6,14,29H,4-5,7-12H2,1H3,(H,24,30). The monoisotopic (exact) mass is 433 g/mol. The van der Waals surface area contributed by atoms with E-state index in [4.69, 9.17) is 16.7 Å². The number of nitrogens with one attached hydrogen (secondary N) is 1. The quantitative estimate of drug-likeness (QED) is 0.725. The van der Waals surface area contributed by atoms with E-state index in [1.54, 1.807) is 4.90 Å². The Kier molecular flexibility index (Phi) is 4.76. The molecule has 0 bridgehead atoms. The molecule has 2 aromatic rings. The summed E-state index contributed by atoms with van der Waals surface area (Å²) in [7, 11) is 2.10. The molecule has 5 rings (SSSR count). The van der Waals surface area contributed by atoms with Gasteiger partial charge in [-0.3, -0.25) is 9.58 Å². The minimum Gasteiger partial charge on any atom is -0.393 e. The van der Waals surface area contributed by atoms with Crippen molar-refractivity contribution in [1.29, 1.82) is 0 Å². The fourth-order valence-electron chi connectivity index (χ4n) is 5.19. The zero-order valence-electron chi connectivity index (χ0n) is 16.9. The average Bonchev–Trinajstić information content (AvgIpc) is 2.91. The van der Waals surface area contributed by atoms with Gasteiger partial charge in [-0.05, 0) is 38.1 Å². The number of rotatable bonds is 1. The lowest BCUT2D eigenvalue weighted by atomic mass is 9.66. The summed E-state index contributed by atoms with van der Waals surface area (Å²) in [6.07, 6.45) is 2.13. The van der Waals surface area contributed by atoms with E-state index >= 15 is 0 Å². The number of urea groups is 1. The SMILES string of the molecule is CN1Cc2c3c(nn2CC2(CC(O)C2)C1)CCN(C(=O)Nc1ccc(F)c(Cl)c1)C3. The Bertz CT molecular complexity index is 1000. The third-order valence-corrected chi connectivity index (χ3v) is 6.81. The van der Waals surface area contributed by atoms with Crippen molar-refractivity contribution in [2.24, 2.45) is 5.41 Å². The van der Waals surface area contributed by atoms with Gasteiger partial charge in [-0.25, -0.2) is 9.18 Å². The van der Waals surface area contributed by atoms with Gasteiger partial charge in [0.2, 0.25) is 0 Å². The number of carbonyl (C=O) groups is 1. The number of benzene rings is 1. The van der Waals surface area contributed by atoms with Crippen LogP contribution in [0, 0.1) is 11.2 Å². The van der Waals surface area contributed by atoms with Crippen LogP contribution in [0.4, 0.5) is 14.9 Å². The first-order valence-corrected chi connectivity index (χ1v) is 10.6. The molecule has 0 unspecified atom stereocenters. The van der Waals surface area contributed by atoms with Crippen LogP contribution in [0.2, 0.25) is 5.02 Å². The lowest BCUT2D eigenvalue weighted by Gasteiger charge is -2.46. The van der Waals surface area contributed by atoms with Crippen LogP contribution >= 0.6 is 11.6 Å². The zero-order chi connectivity index (χ0) is 21.0. The average molecular weight is 434 g/mol. The van der Waals surface area contributed by atoms with E-state index in [1.165, 1.54) is 18.2 Å². The van der Waals surface area contributed by atoms with Crippen molar-refractivity contribution in [1.82, 2.24) is 19.6 Å². The maximum Gasteiger partial charge on any atom is 0.322 e. The molecule has 0 radical (unpaired) electrons. The van der Waals surface area contributed by atoms with E-state index in [9.17, 15) is 14.3 Å². The Morgan fingerprint density at radius 3 is 2.87 bits per heavy atom. The number of carbonyl (C=O) groups excluding carboxylic acids is 1. The number of hydrogen-bond acceptors (Lipinski definition) is 4. The molecular weight excluding hydrogens is 409 g/mol. The van der Waals surface area contributed by atoms with E-state index < -0.39 is 5.82 Å². The van der Waals surface area contributed by atoms with Crippen LogP contribution in [0.5, 0.6) is 0 Å². The summed E-state index contributed by atoms with van der Waals surface area (Å²) in [5.41, 5.74) is 3.90. The smallest absolute Gasteiger partial charge is 0.322 e. The van der Waals surface area contributed by atoms with Crippen LogP contribution in [-0.4, -0.2) is 57.0 Å². The predicted molar refractivity (Wildman–Crippen MR) is 111 cm³/mol. The number of fused-ring (bicyclic) bond motifs is 3. The highest BCUT2D eigenvalue weighted by Crippen LogP contribution is 2.45. The molecule has 30 heavy (non-hydrogen) atoms. The summed E-state index contributed by atoms with van der Waals surface area (Å²) < 4.78 is 15.5. The van der Waals surface area contributed by atoms with Crippen molar-refractivity contribution in [3.63, 3.8) is 0 Å². The largest absolute Gasteiger partial charge is 0.393 e. The highest BCUT2D eigenvalue weighted by atomic mass is 35.5. The van der Waals surface area contributed by atoms with Crippen LogP contribution in [0.15, 0.2) is 18.2 Å². The van der Waals surface area contributed by atoms with Gasteiger partial charge in [0, 0.05) is 49.3 Å². The normalized spacial score (nSPS) is 26.0. The van der Waals surface area contributed by atoms with E-state index in [2.05, 4.69) is 21.9 Å². The number of amides is 2. The summed E-state index contributed by atoms with van der Waals surface area (Å²) in [5.74, 6) is -0.513. The Morgan fingerprint density at radius 1 is 1.33 bits per heavy atom. The molecular formula is C21H25ClFN5O2. The molecule has 1 aromatic heterocycles. The summed E-state index contributed by atoms with van der Waals surface area (Å²) in [5, 5.41) is 17.5. The van der Waals surface area contributed by atoms with Crippen LogP contribution in [0.1, 0.15) is 29.8 Å². The molecule has 7 nitrogen and oxygen atoms in total. The number of halogens is 2. The highest BCUT2D eigenvalue weighted by molar-refractivity contribution is 6.31. The summed E-state index contributed by atoms with van der Waals surface area (Å²) in [6.45, 7) is 3.61. The van der Waals surface area contributed by atoms with Gasteiger partial charge < -0.3 is 15.3 Å². The Hall–Kier alpha value is -2.16. The first-order chi connectivity index (χ1) is 14.3. The summed E-state index contributed by atoms with van der Waals surface area (Å²) >= 11 is 5.82. The Morgan fingerprint density at radius 2 is 2.13 bits per heavy atom. The van der Waals surface area contributed by atoms with Gasteiger partial charge in [-0.1, -0.05) is 11.6 Å². The Balaban J connectivity index is 1.35. The summed E-state index contributed by atoms with van der Waals surface area (Å²) in [6, 6.07) is 3.93. The molecule has 160 valence electrons. The van der Waals surface area contributed by atoms with Crippen LogP contribution in [0.3, 0.4) is 0 Å². The second-order valence-corrected chi connectivity index (χ2v) is 9.40. The van der Waals surface area contributed by atoms with Gasteiger partial charge in [0.1, 0.15) is 5.82 Å². The second-order valence-electron chi connectivity index (χ2n) is 8.99. The second kappa shape index (κ2) is 7.21. The molecule has 1 fully saturated rings. The lowest BCUT2D eigenvalue weighted by molar-refractivity contribution is -0.0557. The maximum absolute atomic E-state index is 13.4. The van der Waals surface area contributed by atoms with E-state index in [0.717, 1.165) is 49.4 Å². The molecule has 3 heterocycles. The van der Waals surface area contributed by atoms with Crippen molar-refractivity contribution < 1.29 is 14.3 Å². The Labute approximate surface area is 179 Å². The maximum atomic E-state index is 13.4. The molecule has 2 aliphatic heterocycles. The first-order valence-electron chi connectivity index (χ1n) is 10.3. The minimum absolute atomic E-state index is 0.0197. The van der Waals surface area contributed by atoms with Gasteiger partial charge in [0.05, 0.1) is 29.1 Å². The van der Waals surface area contributed by atoms with Crippen LogP contribution in [-0.2, 0) is 26.1 Å². The summed E-state index contributed by atoms with van der Waals surface area (Å²) in [4.78, 5) is 16.9. The number of anilines is 1. The lowest BCUT2D eigenvalue weighted by Crippen LogP contribution is -2.49. The number of hydrogen-bond donors (Lipinski definition) is 2. The molecule has 0 atom stereocenters. The number of aliphatic hydroxyl groups excluding tert-OH is 1. The van der Waals surface area contributed by atoms with Gasteiger partial charge in [-0.15, -0.1) is 0 Å². The zero-order valence-corrected chi connectivity index (χ0v) is 17.6. The van der Waals surface area contributed by atoms with Crippen molar-refractivity contribution in [3.05, 3.63) is 46.0 Å². The molecule has 2 N–H and O–H groups in total. The topological polar surface area (TPSA) is 73.6 Å². The minimum atomic E-state index is -0.513. The van der Waals surface area contributed by atoms with Crippen molar-refractivity contribution in [2.45, 2.75) is 45.0 Å². The van der Waals surface area contributed by atoms with E-state index in [-0.39, 0.29) is 22.6 Å². The number of nitrogens with zero attached hydrogens (tertiary/aromatic N) is 4. The van der Waals surface area contributed by atoms with Crippen molar-refractivity contribution in [3.8, 4) is 0 Å². The van der Waals surface area contributed by atoms with Gasteiger partial charge in [0.25, 0.3) is 0 Å². The first kappa shape index (κ1) is 19.8. The van der Waals surface area contributed by atoms with Gasteiger partial charge >= 0.3 is 6.03 Å². The van der Waals surface area contributed by atoms with Crippen LogP contribution in [0.25, 0.3) is 0 Å². The third kappa shape index (κ3) is 3.46. The van der Waals surface area contributed by atoms with Gasteiger partial charge in [-0.2, -0.15) is 5.10 Å². The number of aliphatic hydroxyl groups is 1. The molecule has 2 amide bonds. The molecule has 3 aliphatic rings. The van der Waals surface area contributed by atoms with Crippen molar-refractivity contribution in [2.75, 3.05) is 25.5 Å². The van der Waals surface area contributed by atoms with Crippen LogP contribution < -0.4 is 5.32 Å². The van der Waals surface area contributed by atoms with E-state index in [0.29, 0.717) is 25.2 Å². The molecule has 0 saturated heterocycles. The highest BCUT2D eigenvalue weighted by Gasteiger charge is 2.46. The third-order valence-electron chi connectivity index (χ3n) is 6.52. The number of aromatic nitrogens is 2. The predicted octanol–water partition coefficient (Wildman–Crippen LogP) is 2.85. The molecule has 1 aromatic carbocycles. The van der Waals surface area contributed by atoms with Gasteiger partial charge in [0.15, 0.2) is 0 Å². The van der Waals surface area contributed by atoms with E-state index in [1.807, 2.05) is 0 Å². The molecule has 1 aliphatic carbocycles. The molecule has 1 spiro atoms.